The first-order valence-corrected chi connectivity index (χ1v) is 4.38. The molecule has 0 saturated carbocycles. The highest BCUT2D eigenvalue weighted by Gasteiger charge is 2.19. The van der Waals surface area contributed by atoms with Gasteiger partial charge in [-0.3, -0.25) is 0 Å². The minimum atomic E-state index is 0.258. The maximum atomic E-state index is 5.96. The highest BCUT2D eigenvalue weighted by molar-refractivity contribution is 4.76. The second kappa shape index (κ2) is 4.73. The zero-order valence-corrected chi connectivity index (χ0v) is 8.28. The van der Waals surface area contributed by atoms with Crippen LogP contribution in [0.25, 0.3) is 0 Å². The Morgan fingerprint density at radius 3 is 2.27 bits per heavy atom. The Morgan fingerprint density at radius 2 is 1.91 bits per heavy atom. The van der Waals surface area contributed by atoms with E-state index >= 15 is 0 Å². The minimum absolute atomic E-state index is 0.258. The SMILES string of the molecule is CNCCC[C@@H](N)C(C)(C)C. The number of nitrogens with one attached hydrogen (secondary N) is 1. The van der Waals surface area contributed by atoms with Crippen LogP contribution in [0.4, 0.5) is 0 Å². The van der Waals surface area contributed by atoms with Crippen LogP contribution in [0.5, 0.6) is 0 Å². The molecular weight excluding hydrogens is 136 g/mol. The van der Waals surface area contributed by atoms with Crippen LogP contribution < -0.4 is 11.1 Å². The summed E-state index contributed by atoms with van der Waals surface area (Å²) < 4.78 is 0. The molecule has 1 atom stereocenters. The molecule has 2 nitrogen and oxygen atoms in total. The van der Waals surface area contributed by atoms with Crippen molar-refractivity contribution in [3.63, 3.8) is 0 Å². The van der Waals surface area contributed by atoms with Gasteiger partial charge in [-0.15, -0.1) is 0 Å². The number of hydrogen-bond donors (Lipinski definition) is 2. The molecular formula is C9H22N2. The van der Waals surface area contributed by atoms with Gasteiger partial charge in [0.05, 0.1) is 0 Å². The van der Waals surface area contributed by atoms with E-state index < -0.39 is 0 Å². The molecule has 0 aliphatic heterocycles. The van der Waals surface area contributed by atoms with Crippen molar-refractivity contribution in [2.75, 3.05) is 13.6 Å². The number of nitrogens with two attached hydrogens (primary N) is 1. The fourth-order valence-electron chi connectivity index (χ4n) is 0.932. The third-order valence-corrected chi connectivity index (χ3v) is 2.05. The van der Waals surface area contributed by atoms with E-state index in [-0.39, 0.29) is 5.41 Å². The van der Waals surface area contributed by atoms with Crippen molar-refractivity contribution in [2.24, 2.45) is 11.1 Å². The van der Waals surface area contributed by atoms with Crippen LogP contribution in [-0.4, -0.2) is 19.6 Å². The van der Waals surface area contributed by atoms with Crippen LogP contribution in [0.1, 0.15) is 33.6 Å². The van der Waals surface area contributed by atoms with Gasteiger partial charge in [0.15, 0.2) is 0 Å². The fraction of sp³-hybridized carbons (Fsp3) is 1.00. The zero-order valence-electron chi connectivity index (χ0n) is 8.28. The van der Waals surface area contributed by atoms with Crippen molar-refractivity contribution in [1.82, 2.24) is 5.32 Å². The lowest BCUT2D eigenvalue weighted by Crippen LogP contribution is -2.35. The molecule has 0 spiro atoms. The van der Waals surface area contributed by atoms with E-state index in [0.717, 1.165) is 13.0 Å². The molecule has 0 saturated heterocycles. The topological polar surface area (TPSA) is 38.0 Å². The Morgan fingerprint density at radius 1 is 1.36 bits per heavy atom. The number of hydrogen-bond acceptors (Lipinski definition) is 2. The summed E-state index contributed by atoms with van der Waals surface area (Å²) in [6.07, 6.45) is 2.29. The average Bonchev–Trinajstić information content (AvgIpc) is 1.86. The molecule has 0 aliphatic carbocycles. The predicted molar refractivity (Wildman–Crippen MR) is 50.6 cm³/mol. The molecule has 2 heteroatoms. The smallest absolute Gasteiger partial charge is 0.00881 e. The molecule has 0 aromatic carbocycles. The van der Waals surface area contributed by atoms with Gasteiger partial charge in [0.1, 0.15) is 0 Å². The lowest BCUT2D eigenvalue weighted by Gasteiger charge is -2.26. The standard InChI is InChI=1S/C9H22N2/c1-9(2,3)8(10)6-5-7-11-4/h8,11H,5-7,10H2,1-4H3/t8-/m1/s1. The first-order valence-electron chi connectivity index (χ1n) is 4.38. The molecule has 3 N–H and O–H groups in total. The molecule has 0 aromatic heterocycles. The van der Waals surface area contributed by atoms with E-state index in [2.05, 4.69) is 26.1 Å². The fourth-order valence-corrected chi connectivity index (χ4v) is 0.932. The van der Waals surface area contributed by atoms with Gasteiger partial charge in [-0.2, -0.15) is 0 Å². The highest BCUT2D eigenvalue weighted by Crippen LogP contribution is 2.20. The van der Waals surface area contributed by atoms with Crippen molar-refractivity contribution in [1.29, 1.82) is 0 Å². The van der Waals surface area contributed by atoms with Crippen molar-refractivity contribution in [3.05, 3.63) is 0 Å². The van der Waals surface area contributed by atoms with Crippen LogP contribution in [0.2, 0.25) is 0 Å². The van der Waals surface area contributed by atoms with Crippen molar-refractivity contribution in [2.45, 2.75) is 39.7 Å². The third kappa shape index (κ3) is 5.22. The molecule has 0 aromatic rings. The zero-order chi connectivity index (χ0) is 8.91. The minimum Gasteiger partial charge on any atom is -0.327 e. The summed E-state index contributed by atoms with van der Waals surface area (Å²) in [7, 11) is 1.97. The van der Waals surface area contributed by atoms with Gasteiger partial charge in [-0.1, -0.05) is 20.8 Å². The second-order valence-corrected chi connectivity index (χ2v) is 4.22. The van der Waals surface area contributed by atoms with E-state index in [4.69, 9.17) is 5.73 Å². The Bertz CT molecular complexity index is 94.2. The Balaban J connectivity index is 3.44. The molecule has 0 amide bonds. The molecule has 0 rings (SSSR count). The molecule has 0 unspecified atom stereocenters. The van der Waals surface area contributed by atoms with Gasteiger partial charge in [0.25, 0.3) is 0 Å². The molecule has 68 valence electrons. The third-order valence-electron chi connectivity index (χ3n) is 2.05. The average molecular weight is 158 g/mol. The van der Waals surface area contributed by atoms with Crippen LogP contribution in [0, 0.1) is 5.41 Å². The van der Waals surface area contributed by atoms with E-state index in [1.165, 1.54) is 6.42 Å². The normalized spacial score (nSPS) is 15.0. The Kier molecular flexibility index (Phi) is 4.69. The van der Waals surface area contributed by atoms with Crippen molar-refractivity contribution < 1.29 is 0 Å². The molecule has 0 aliphatic rings. The largest absolute Gasteiger partial charge is 0.327 e. The summed E-state index contributed by atoms with van der Waals surface area (Å²) in [5, 5.41) is 3.12. The summed E-state index contributed by atoms with van der Waals surface area (Å²) in [5.41, 5.74) is 6.22. The molecule has 0 fully saturated rings. The Labute approximate surface area is 70.5 Å². The lowest BCUT2D eigenvalue weighted by molar-refractivity contribution is 0.301. The van der Waals surface area contributed by atoms with E-state index in [0.29, 0.717) is 6.04 Å². The number of rotatable bonds is 4. The summed E-state index contributed by atoms with van der Waals surface area (Å²) in [5.74, 6) is 0. The van der Waals surface area contributed by atoms with Gasteiger partial charge >= 0.3 is 0 Å². The summed E-state index contributed by atoms with van der Waals surface area (Å²) in [6, 6.07) is 0.329. The maximum Gasteiger partial charge on any atom is 0.00881 e. The monoisotopic (exact) mass is 158 g/mol. The van der Waals surface area contributed by atoms with Crippen LogP contribution in [0.15, 0.2) is 0 Å². The lowest BCUT2D eigenvalue weighted by atomic mass is 9.85. The van der Waals surface area contributed by atoms with Gasteiger partial charge < -0.3 is 11.1 Å². The molecule has 11 heavy (non-hydrogen) atoms. The second-order valence-electron chi connectivity index (χ2n) is 4.22. The van der Waals surface area contributed by atoms with Gasteiger partial charge in [-0.25, -0.2) is 0 Å². The van der Waals surface area contributed by atoms with E-state index in [9.17, 15) is 0 Å². The van der Waals surface area contributed by atoms with Gasteiger partial charge in [0.2, 0.25) is 0 Å². The summed E-state index contributed by atoms with van der Waals surface area (Å²) in [4.78, 5) is 0. The Hall–Kier alpha value is -0.0800. The summed E-state index contributed by atoms with van der Waals surface area (Å²) in [6.45, 7) is 7.65. The summed E-state index contributed by atoms with van der Waals surface area (Å²) >= 11 is 0. The van der Waals surface area contributed by atoms with Gasteiger partial charge in [0, 0.05) is 6.04 Å². The predicted octanol–water partition coefficient (Wildman–Crippen LogP) is 1.36. The van der Waals surface area contributed by atoms with Crippen LogP contribution in [0.3, 0.4) is 0 Å². The molecule has 0 radical (unpaired) electrons. The van der Waals surface area contributed by atoms with E-state index in [1.54, 1.807) is 0 Å². The highest BCUT2D eigenvalue weighted by atomic mass is 14.8. The van der Waals surface area contributed by atoms with Crippen LogP contribution >= 0.6 is 0 Å². The first-order chi connectivity index (χ1) is 4.98. The van der Waals surface area contributed by atoms with Crippen molar-refractivity contribution >= 4 is 0 Å². The van der Waals surface area contributed by atoms with Gasteiger partial charge in [-0.05, 0) is 31.8 Å². The molecule has 0 heterocycles. The van der Waals surface area contributed by atoms with Crippen molar-refractivity contribution in [3.8, 4) is 0 Å². The van der Waals surface area contributed by atoms with Crippen LogP contribution in [-0.2, 0) is 0 Å². The maximum absolute atomic E-state index is 5.96. The quantitative estimate of drug-likeness (QED) is 0.606. The first kappa shape index (κ1) is 10.9. The molecule has 0 bridgehead atoms. The van der Waals surface area contributed by atoms with E-state index in [1.807, 2.05) is 7.05 Å².